The van der Waals surface area contributed by atoms with Gasteiger partial charge in [-0.2, -0.15) is 23.4 Å². The maximum absolute atomic E-state index is 12.1. The molecule has 2 rings (SSSR count). The molecule has 0 aliphatic heterocycles. The lowest BCUT2D eigenvalue weighted by Gasteiger charge is -2.05. The number of nitrogens with one attached hydrogen (secondary N) is 1. The molecule has 1 N–H and O–H groups in total. The zero-order valence-corrected chi connectivity index (χ0v) is 10.4. The van der Waals surface area contributed by atoms with E-state index in [4.69, 9.17) is 0 Å². The van der Waals surface area contributed by atoms with Gasteiger partial charge < -0.3 is 5.32 Å². The van der Waals surface area contributed by atoms with Crippen LogP contribution in [0.25, 0.3) is 0 Å². The summed E-state index contributed by atoms with van der Waals surface area (Å²) in [4.78, 5) is 0. The largest absolute Gasteiger partial charge is 0.408 e. The zero-order chi connectivity index (χ0) is 13.9. The molecule has 0 aromatic carbocycles. The van der Waals surface area contributed by atoms with E-state index in [2.05, 4.69) is 15.5 Å². The van der Waals surface area contributed by atoms with E-state index in [0.717, 1.165) is 10.2 Å². The van der Waals surface area contributed by atoms with Gasteiger partial charge in [0, 0.05) is 43.7 Å². The normalized spacial score (nSPS) is 12.0. The van der Waals surface area contributed by atoms with Crippen molar-refractivity contribution in [2.24, 2.45) is 7.05 Å². The fourth-order valence-corrected chi connectivity index (χ4v) is 1.68. The fraction of sp³-hybridized carbons (Fsp3) is 0.455. The summed E-state index contributed by atoms with van der Waals surface area (Å²) in [5.74, 6) is 0. The number of nitrogens with zero attached hydrogens (tertiary/aromatic N) is 4. The van der Waals surface area contributed by atoms with Crippen molar-refractivity contribution in [2.75, 3.05) is 0 Å². The van der Waals surface area contributed by atoms with Gasteiger partial charge in [0.15, 0.2) is 0 Å². The van der Waals surface area contributed by atoms with Crippen molar-refractivity contribution < 1.29 is 13.2 Å². The van der Waals surface area contributed by atoms with E-state index in [-0.39, 0.29) is 0 Å². The van der Waals surface area contributed by atoms with Crippen LogP contribution in [0.1, 0.15) is 11.1 Å². The number of rotatable bonds is 5. The van der Waals surface area contributed by atoms with Crippen LogP contribution >= 0.6 is 0 Å². The summed E-state index contributed by atoms with van der Waals surface area (Å²) in [6.07, 6.45) is 2.19. The molecule has 0 spiro atoms. The molecule has 8 heteroatoms. The lowest BCUT2D eigenvalue weighted by Crippen LogP contribution is -2.18. The summed E-state index contributed by atoms with van der Waals surface area (Å²) in [6, 6.07) is 0. The van der Waals surface area contributed by atoms with Gasteiger partial charge in [-0.25, -0.2) is 0 Å². The van der Waals surface area contributed by atoms with Crippen LogP contribution in [0.15, 0.2) is 24.8 Å². The van der Waals surface area contributed by atoms with E-state index in [1.165, 1.54) is 12.4 Å². The standard InChI is InChI=1S/C11H14F3N5/c1-18-6-9(4-16-18)2-15-3-10-5-17-19(7-10)8-11(12,13)14/h4-7,15H,2-3,8H2,1H3. The topological polar surface area (TPSA) is 47.7 Å². The number of halogens is 3. The van der Waals surface area contributed by atoms with Gasteiger partial charge in [0.25, 0.3) is 0 Å². The Morgan fingerprint density at radius 2 is 1.74 bits per heavy atom. The SMILES string of the molecule is Cn1cc(CNCc2cnn(CC(F)(F)F)c2)cn1. The highest BCUT2D eigenvalue weighted by Gasteiger charge is 2.28. The third-order valence-electron chi connectivity index (χ3n) is 2.44. The van der Waals surface area contributed by atoms with Crippen LogP contribution in [-0.2, 0) is 26.7 Å². The van der Waals surface area contributed by atoms with Gasteiger partial charge in [-0.05, 0) is 0 Å². The molecule has 0 radical (unpaired) electrons. The van der Waals surface area contributed by atoms with Gasteiger partial charge in [0.2, 0.25) is 0 Å². The zero-order valence-electron chi connectivity index (χ0n) is 10.4. The lowest BCUT2D eigenvalue weighted by atomic mass is 10.3. The maximum atomic E-state index is 12.1. The van der Waals surface area contributed by atoms with Crippen molar-refractivity contribution in [2.45, 2.75) is 25.8 Å². The molecule has 2 heterocycles. The van der Waals surface area contributed by atoms with Crippen molar-refractivity contribution in [3.05, 3.63) is 35.9 Å². The predicted octanol–water partition coefficient (Wildman–Crippen LogP) is 1.47. The van der Waals surface area contributed by atoms with E-state index in [1.807, 2.05) is 13.2 Å². The van der Waals surface area contributed by atoms with Crippen LogP contribution in [-0.4, -0.2) is 25.7 Å². The summed E-state index contributed by atoms with van der Waals surface area (Å²) in [6.45, 7) is 0.0145. The molecule has 0 saturated carbocycles. The van der Waals surface area contributed by atoms with Crippen LogP contribution < -0.4 is 5.32 Å². The molecule has 0 atom stereocenters. The van der Waals surface area contributed by atoms with Crippen LogP contribution in [0.2, 0.25) is 0 Å². The van der Waals surface area contributed by atoms with Gasteiger partial charge in [-0.15, -0.1) is 0 Å². The number of alkyl halides is 3. The molecule has 0 unspecified atom stereocenters. The first-order chi connectivity index (χ1) is 8.92. The minimum absolute atomic E-state index is 0.465. The first-order valence-corrected chi connectivity index (χ1v) is 5.69. The molecule has 0 aliphatic rings. The average molecular weight is 273 g/mol. The molecule has 5 nitrogen and oxygen atoms in total. The second-order valence-corrected chi connectivity index (χ2v) is 4.29. The molecular formula is C11H14F3N5. The maximum Gasteiger partial charge on any atom is 0.408 e. The van der Waals surface area contributed by atoms with Crippen LogP contribution in [0.5, 0.6) is 0 Å². The first-order valence-electron chi connectivity index (χ1n) is 5.69. The molecule has 0 aliphatic carbocycles. The number of hydrogen-bond donors (Lipinski definition) is 1. The monoisotopic (exact) mass is 273 g/mol. The average Bonchev–Trinajstić information content (AvgIpc) is 2.86. The molecule has 0 bridgehead atoms. The number of hydrogen-bond acceptors (Lipinski definition) is 3. The minimum atomic E-state index is -4.24. The van der Waals surface area contributed by atoms with E-state index in [0.29, 0.717) is 18.7 Å². The molecular weight excluding hydrogens is 259 g/mol. The Balaban J connectivity index is 1.80. The lowest BCUT2D eigenvalue weighted by molar-refractivity contribution is -0.142. The Bertz CT molecular complexity index is 528. The van der Waals surface area contributed by atoms with Crippen LogP contribution in [0.4, 0.5) is 13.2 Å². The molecule has 0 saturated heterocycles. The van der Waals surface area contributed by atoms with E-state index in [1.54, 1.807) is 10.9 Å². The highest BCUT2D eigenvalue weighted by molar-refractivity contribution is 5.06. The van der Waals surface area contributed by atoms with Crippen molar-refractivity contribution in [1.29, 1.82) is 0 Å². The molecule has 0 amide bonds. The van der Waals surface area contributed by atoms with E-state index in [9.17, 15) is 13.2 Å². The number of aryl methyl sites for hydroxylation is 1. The molecule has 104 valence electrons. The van der Waals surface area contributed by atoms with Crippen LogP contribution in [0, 0.1) is 0 Å². The van der Waals surface area contributed by atoms with Gasteiger partial charge in [-0.3, -0.25) is 9.36 Å². The van der Waals surface area contributed by atoms with Crippen molar-refractivity contribution in [1.82, 2.24) is 24.9 Å². The van der Waals surface area contributed by atoms with Gasteiger partial charge in [0.05, 0.1) is 12.4 Å². The van der Waals surface area contributed by atoms with Gasteiger partial charge >= 0.3 is 6.18 Å². The fourth-order valence-electron chi connectivity index (χ4n) is 1.68. The number of aromatic nitrogens is 4. The summed E-state index contributed by atoms with van der Waals surface area (Å²) in [7, 11) is 1.82. The first kappa shape index (κ1) is 13.6. The second kappa shape index (κ2) is 5.43. The highest BCUT2D eigenvalue weighted by atomic mass is 19.4. The molecule has 0 fully saturated rings. The van der Waals surface area contributed by atoms with Crippen LogP contribution in [0.3, 0.4) is 0 Å². The summed E-state index contributed by atoms with van der Waals surface area (Å²) in [5.41, 5.74) is 1.73. The van der Waals surface area contributed by atoms with Gasteiger partial charge in [0.1, 0.15) is 6.54 Å². The third kappa shape index (κ3) is 4.40. The van der Waals surface area contributed by atoms with E-state index < -0.39 is 12.7 Å². The van der Waals surface area contributed by atoms with E-state index >= 15 is 0 Å². The Morgan fingerprint density at radius 3 is 2.32 bits per heavy atom. The summed E-state index contributed by atoms with van der Waals surface area (Å²) >= 11 is 0. The van der Waals surface area contributed by atoms with Crippen molar-refractivity contribution in [3.63, 3.8) is 0 Å². The second-order valence-electron chi connectivity index (χ2n) is 4.29. The van der Waals surface area contributed by atoms with Crippen molar-refractivity contribution >= 4 is 0 Å². The smallest absolute Gasteiger partial charge is 0.308 e. The van der Waals surface area contributed by atoms with Crippen molar-refractivity contribution in [3.8, 4) is 0 Å². The minimum Gasteiger partial charge on any atom is -0.308 e. The predicted molar refractivity (Wildman–Crippen MR) is 62.0 cm³/mol. The molecule has 19 heavy (non-hydrogen) atoms. The Labute approximate surface area is 108 Å². The third-order valence-corrected chi connectivity index (χ3v) is 2.44. The summed E-state index contributed by atoms with van der Waals surface area (Å²) in [5, 5.41) is 10.8. The Kier molecular flexibility index (Phi) is 3.89. The Hall–Kier alpha value is -1.83. The highest BCUT2D eigenvalue weighted by Crippen LogP contribution is 2.17. The quantitative estimate of drug-likeness (QED) is 0.897. The molecule has 2 aromatic heterocycles. The summed E-state index contributed by atoms with van der Waals surface area (Å²) < 4.78 is 39.0. The Morgan fingerprint density at radius 1 is 1.11 bits per heavy atom. The van der Waals surface area contributed by atoms with Gasteiger partial charge in [-0.1, -0.05) is 0 Å². The molecule has 2 aromatic rings.